The second-order valence-electron chi connectivity index (χ2n) is 31.5. The minimum atomic E-state index is 0.160. The number of aryl methyl sites for hydroxylation is 2. The lowest BCUT2D eigenvalue weighted by Crippen LogP contribution is -2.49. The van der Waals surface area contributed by atoms with Crippen molar-refractivity contribution in [1.82, 2.24) is 58.9 Å². The summed E-state index contributed by atoms with van der Waals surface area (Å²) in [5, 5.41) is 0. The van der Waals surface area contributed by atoms with Crippen LogP contribution in [0.25, 0.3) is 11.6 Å². The second-order valence-corrected chi connectivity index (χ2v) is 31.5. The second kappa shape index (κ2) is 32.8. The first-order chi connectivity index (χ1) is 57.2. The standard InChI is InChI=1S/C23H27N6.C22H26N7.C15H23N6.C14H22N7.C14H18N5/c1-16-25(3)18-10-6-8-12-20(18)28(16)22-14-24-15-23(27(22)5)29-17(2)26(4)19-11-7-9-13-21(19)29;1-15-25(3)17-10-6-8-12-19(17)28(15)21-23-14-24-22(27(21)5)29-16(2)26(4)18-11-7-9-13-20(18)29;1-12-17(3)6-8-20(12)14-10-16-11-15(19(14)5)21-9-7-18(4)13(21)2;1-11-17(3)6-8-20(11)13-15-10-16-14(19(13)5)21-9-7-18(4)12(21)2;1-15-9-5-11-18(15)13-7-4-8-14(17(13)3)19-12-6-10-16(19)2/h6-17H,1-5H3;6-16H,1-5H3;6-13H,1-5H3;6-12H,1-5H3;4-12H,1-3H3/q4*+1;+3/t16-,17+;15-,16+;12-,13+;11-,12+;. The molecule has 0 amide bonds. The molecule has 0 saturated heterocycles. The van der Waals surface area contributed by atoms with Crippen molar-refractivity contribution in [1.29, 1.82) is 0 Å². The number of rotatable bonds is 10. The van der Waals surface area contributed by atoms with Crippen molar-refractivity contribution in [2.75, 3.05) is 115 Å². The molecule has 119 heavy (non-hydrogen) atoms. The van der Waals surface area contributed by atoms with Gasteiger partial charge in [0.25, 0.3) is 11.6 Å². The van der Waals surface area contributed by atoms with Gasteiger partial charge in [-0.05, 0) is 119 Å². The van der Waals surface area contributed by atoms with Crippen LogP contribution >= 0.6 is 0 Å². The summed E-state index contributed by atoms with van der Waals surface area (Å²) in [6, 6.07) is 44.4. The van der Waals surface area contributed by atoms with Gasteiger partial charge in [-0.25, -0.2) is 62.0 Å². The summed E-state index contributed by atoms with van der Waals surface area (Å²) in [5.74, 6) is 10.0. The predicted molar refractivity (Wildman–Crippen MR) is 467 cm³/mol. The van der Waals surface area contributed by atoms with Gasteiger partial charge in [-0.15, -0.1) is 19.9 Å². The van der Waals surface area contributed by atoms with Gasteiger partial charge in [0.15, 0.2) is 26.4 Å². The third-order valence-electron chi connectivity index (χ3n) is 25.0. The molecule has 0 radical (unpaired) electrons. The van der Waals surface area contributed by atoms with E-state index in [1.54, 1.807) is 12.7 Å². The highest BCUT2D eigenvalue weighted by molar-refractivity contribution is 5.85. The summed E-state index contributed by atoms with van der Waals surface area (Å²) in [7, 11) is 31.2. The molecule has 7 aromatic heterocycles. The van der Waals surface area contributed by atoms with Crippen molar-refractivity contribution >= 4 is 92.6 Å². The smallest absolute Gasteiger partial charge is 0.332 e. The lowest BCUT2D eigenvalue weighted by molar-refractivity contribution is -0.778. The van der Waals surface area contributed by atoms with Crippen LogP contribution in [0.2, 0.25) is 0 Å². The molecule has 8 aliphatic rings. The predicted octanol–water partition coefficient (Wildman–Crippen LogP) is 8.17. The molecule has 0 spiro atoms. The highest BCUT2D eigenvalue weighted by atomic mass is 15.5. The summed E-state index contributed by atoms with van der Waals surface area (Å²) in [6.45, 7) is 17.5. The number of pyridine rings is 1. The van der Waals surface area contributed by atoms with Crippen molar-refractivity contribution in [3.05, 3.63) is 239 Å². The first-order valence-electron chi connectivity index (χ1n) is 40.6. The maximum atomic E-state index is 4.69. The summed E-state index contributed by atoms with van der Waals surface area (Å²) >= 11 is 0. The average molecular weight is 1610 g/mol. The summed E-state index contributed by atoms with van der Waals surface area (Å²) in [6.07, 6.45) is 37.6. The quantitative estimate of drug-likeness (QED) is 0.120. The summed E-state index contributed by atoms with van der Waals surface area (Å²) < 4.78 is 19.0. The molecule has 11 aromatic rings. The molecular formula is C88H116N31+7. The lowest BCUT2D eigenvalue weighted by Gasteiger charge is -2.27. The van der Waals surface area contributed by atoms with Crippen LogP contribution in [0.3, 0.4) is 0 Å². The molecule has 0 unspecified atom stereocenters. The first-order valence-corrected chi connectivity index (χ1v) is 40.6. The van der Waals surface area contributed by atoms with Crippen molar-refractivity contribution in [2.24, 2.45) is 49.3 Å². The van der Waals surface area contributed by atoms with E-state index >= 15 is 0 Å². The topological polar surface area (TPSA) is 166 Å². The van der Waals surface area contributed by atoms with Gasteiger partial charge in [-0.2, -0.15) is 0 Å². The van der Waals surface area contributed by atoms with Crippen LogP contribution in [0.1, 0.15) is 55.4 Å². The lowest BCUT2D eigenvalue weighted by atomic mass is 10.2. The van der Waals surface area contributed by atoms with Crippen LogP contribution in [0.4, 0.5) is 92.6 Å². The van der Waals surface area contributed by atoms with Crippen LogP contribution in [0.15, 0.2) is 239 Å². The Bertz CT molecular complexity index is 5040. The molecular weight excluding hydrogens is 1490 g/mol. The zero-order valence-electron chi connectivity index (χ0n) is 73.0. The van der Waals surface area contributed by atoms with Gasteiger partial charge in [0.2, 0.25) is 48.3 Å². The van der Waals surface area contributed by atoms with E-state index in [-0.39, 0.29) is 37.0 Å². The number of nitrogens with zero attached hydrogens (tertiary/aromatic N) is 31. The van der Waals surface area contributed by atoms with E-state index in [0.29, 0.717) is 12.3 Å². The van der Waals surface area contributed by atoms with Gasteiger partial charge in [0, 0.05) is 120 Å². The van der Waals surface area contributed by atoms with E-state index in [1.807, 2.05) is 94.5 Å². The van der Waals surface area contributed by atoms with Gasteiger partial charge in [0.05, 0.1) is 68.7 Å². The van der Waals surface area contributed by atoms with E-state index in [4.69, 9.17) is 0 Å². The molecule has 0 bridgehead atoms. The number of para-hydroxylation sites is 8. The number of anilines is 16. The van der Waals surface area contributed by atoms with E-state index in [9.17, 15) is 0 Å². The monoisotopic (exact) mass is 1610 g/mol. The number of aromatic nitrogens is 15. The van der Waals surface area contributed by atoms with Gasteiger partial charge in [0.1, 0.15) is 96.9 Å². The van der Waals surface area contributed by atoms with E-state index < -0.39 is 0 Å². The Labute approximate surface area is 700 Å². The molecule has 15 heterocycles. The summed E-state index contributed by atoms with van der Waals surface area (Å²) in [4.78, 5) is 63.2. The van der Waals surface area contributed by atoms with Gasteiger partial charge in [-0.3, -0.25) is 9.97 Å². The van der Waals surface area contributed by atoms with Gasteiger partial charge < -0.3 is 39.2 Å². The zero-order chi connectivity index (χ0) is 84.3. The SMILES string of the molecule is C[C@@H]1N(C)C=CN1c1cncc(N2C=CN(C)[C@@H]2C)[n+]1C.C[C@@H]1N(C)C=CN1c1ncnc(N2C=CN(C)[C@@H]2C)[n+]1C.C[C@@H]1N(C)c2ccccc2N1c1cncc(N2c3ccccc3N(C)[C@@H]2C)[n+]1C.C[C@@H]1N(C)c2ccccc2N1c1ncnc(N2c3ccccc3N(C)[C@@H]2C)[n+]1C.C[n+]1c(-n2ccc[n+]2C)cccc1-n1ccc[n+]1C. The minimum absolute atomic E-state index is 0.160. The normalized spacial score (nSPS) is 20.3. The number of benzene rings is 4. The third kappa shape index (κ3) is 14.3. The van der Waals surface area contributed by atoms with Crippen molar-refractivity contribution in [3.63, 3.8) is 0 Å². The van der Waals surface area contributed by atoms with Gasteiger partial charge in [-0.1, -0.05) is 57.9 Å². The van der Waals surface area contributed by atoms with Crippen LogP contribution in [0, 0.1) is 0 Å². The maximum Gasteiger partial charge on any atom is 0.332 e. The average Bonchev–Trinajstić information content (AvgIpc) is 1.60. The molecule has 31 nitrogen and oxygen atoms in total. The Morgan fingerprint density at radius 3 is 0.832 bits per heavy atom. The molecule has 0 saturated carbocycles. The maximum absolute atomic E-state index is 4.69. The van der Waals surface area contributed by atoms with Crippen molar-refractivity contribution in [3.8, 4) is 11.6 Å². The highest BCUT2D eigenvalue weighted by Crippen LogP contribution is 2.47. The van der Waals surface area contributed by atoms with E-state index in [0.717, 1.165) is 70.1 Å². The molecule has 0 N–H and O–H groups in total. The fraction of sp³-hybridized carbons (Fsp3) is 0.352. The number of hydrogen-bond acceptors (Lipinski definition) is 22. The zero-order valence-corrected chi connectivity index (χ0v) is 73.0. The fourth-order valence-electron chi connectivity index (χ4n) is 16.7. The summed E-state index contributed by atoms with van der Waals surface area (Å²) in [5.41, 5.74) is 9.65. The Kier molecular flexibility index (Phi) is 22.2. The molecule has 0 aliphatic carbocycles. The van der Waals surface area contributed by atoms with Crippen LogP contribution < -0.4 is 91.0 Å². The third-order valence-corrected chi connectivity index (χ3v) is 25.0. The molecule has 31 heteroatoms. The molecule has 19 rings (SSSR count). The van der Waals surface area contributed by atoms with E-state index in [2.05, 4.69) is 443 Å². The number of hydrogen-bond donors (Lipinski definition) is 0. The van der Waals surface area contributed by atoms with Crippen molar-refractivity contribution in [2.45, 2.75) is 105 Å². The van der Waals surface area contributed by atoms with Gasteiger partial charge >= 0.3 is 23.8 Å². The minimum Gasteiger partial charge on any atom is -0.351 e. The highest BCUT2D eigenvalue weighted by Gasteiger charge is 2.45. The fourth-order valence-corrected chi connectivity index (χ4v) is 16.7. The Hall–Kier alpha value is -13.6. The first kappa shape index (κ1) is 80.6. The number of fused-ring (bicyclic) bond motifs is 4. The Morgan fingerprint density at radius 2 is 0.521 bits per heavy atom. The largest absolute Gasteiger partial charge is 0.351 e. The van der Waals surface area contributed by atoms with Crippen molar-refractivity contribution < 1.29 is 32.2 Å². The van der Waals surface area contributed by atoms with Crippen LogP contribution in [0.5, 0.6) is 0 Å². The Balaban J connectivity index is 0.000000117. The molecule has 4 aromatic carbocycles. The van der Waals surface area contributed by atoms with Crippen LogP contribution in [-0.2, 0) is 49.3 Å². The molecule has 0 fully saturated rings. The van der Waals surface area contributed by atoms with E-state index in [1.165, 1.54) is 34.1 Å². The Morgan fingerprint density at radius 1 is 0.252 bits per heavy atom. The van der Waals surface area contributed by atoms with Crippen LogP contribution in [-0.4, -0.2) is 165 Å². The molecule has 8 aliphatic heterocycles. The molecule has 616 valence electrons. The molecule has 8 atom stereocenters.